The van der Waals surface area contributed by atoms with Crippen LogP contribution in [0.15, 0.2) is 0 Å². The van der Waals surface area contributed by atoms with E-state index in [2.05, 4.69) is 45.0 Å². The van der Waals surface area contributed by atoms with Crippen LogP contribution in [0.4, 0.5) is 0 Å². The van der Waals surface area contributed by atoms with Gasteiger partial charge in [-0.15, -0.1) is 0 Å². The molecule has 0 bridgehead atoms. The summed E-state index contributed by atoms with van der Waals surface area (Å²) in [6.45, 7) is 14.2. The summed E-state index contributed by atoms with van der Waals surface area (Å²) in [6, 6.07) is 0. The summed E-state index contributed by atoms with van der Waals surface area (Å²) in [7, 11) is 2.16. The molecule has 1 rings (SSSR count). The van der Waals surface area contributed by atoms with Crippen LogP contribution in [0.5, 0.6) is 0 Å². The van der Waals surface area contributed by atoms with Crippen molar-refractivity contribution in [3.8, 4) is 0 Å². The van der Waals surface area contributed by atoms with E-state index in [9.17, 15) is 0 Å². The Bertz CT molecular complexity index is 201. The van der Waals surface area contributed by atoms with Crippen molar-refractivity contribution in [1.29, 1.82) is 0 Å². The molecular formula is C13H28N2O. The largest absolute Gasteiger partial charge is 0.374 e. The Hall–Kier alpha value is -0.120. The first-order valence-corrected chi connectivity index (χ1v) is 6.40. The van der Waals surface area contributed by atoms with Crippen molar-refractivity contribution in [1.82, 2.24) is 10.2 Å². The average Bonchev–Trinajstić information content (AvgIpc) is 2.16. The highest BCUT2D eigenvalue weighted by Crippen LogP contribution is 2.24. The van der Waals surface area contributed by atoms with E-state index in [-0.39, 0.29) is 0 Å². The van der Waals surface area contributed by atoms with Crippen LogP contribution in [-0.2, 0) is 4.74 Å². The first-order chi connectivity index (χ1) is 7.39. The Morgan fingerprint density at radius 2 is 2.12 bits per heavy atom. The van der Waals surface area contributed by atoms with Crippen LogP contribution in [0.3, 0.4) is 0 Å². The van der Waals surface area contributed by atoms with Gasteiger partial charge >= 0.3 is 0 Å². The average molecular weight is 228 g/mol. The van der Waals surface area contributed by atoms with E-state index in [0.717, 1.165) is 32.8 Å². The maximum atomic E-state index is 5.71. The minimum Gasteiger partial charge on any atom is -0.374 e. The number of nitrogens with one attached hydrogen (secondary N) is 1. The molecule has 1 heterocycles. The third-order valence-corrected chi connectivity index (χ3v) is 3.64. The number of ether oxygens (including phenoxy) is 1. The topological polar surface area (TPSA) is 24.5 Å². The molecule has 16 heavy (non-hydrogen) atoms. The standard InChI is InChI=1S/C13H28N2O/c1-11(13(2,3)4)8-14-9-12-10-15(5)6-7-16-12/h11-12,14H,6-10H2,1-5H3. The van der Waals surface area contributed by atoms with Crippen LogP contribution >= 0.6 is 0 Å². The summed E-state index contributed by atoms with van der Waals surface area (Å²) in [5, 5.41) is 3.53. The minimum absolute atomic E-state index is 0.367. The second-order valence-corrected chi connectivity index (χ2v) is 6.18. The lowest BCUT2D eigenvalue weighted by atomic mass is 9.82. The number of rotatable bonds is 4. The molecule has 3 nitrogen and oxygen atoms in total. The normalized spacial score (nSPS) is 25.7. The summed E-state index contributed by atoms with van der Waals surface area (Å²) in [4.78, 5) is 2.34. The SMILES string of the molecule is CC(CNCC1CN(C)CCO1)C(C)(C)C. The summed E-state index contributed by atoms with van der Waals surface area (Å²) in [5.41, 5.74) is 0.386. The first-order valence-electron chi connectivity index (χ1n) is 6.40. The van der Waals surface area contributed by atoms with Gasteiger partial charge in [-0.3, -0.25) is 0 Å². The lowest BCUT2D eigenvalue weighted by Crippen LogP contribution is -2.45. The number of hydrogen-bond acceptors (Lipinski definition) is 3. The Morgan fingerprint density at radius 3 is 2.69 bits per heavy atom. The molecule has 0 radical (unpaired) electrons. The van der Waals surface area contributed by atoms with Crippen LogP contribution in [0.25, 0.3) is 0 Å². The van der Waals surface area contributed by atoms with Gasteiger partial charge in [-0.1, -0.05) is 27.7 Å². The van der Waals surface area contributed by atoms with Crippen molar-refractivity contribution in [3.63, 3.8) is 0 Å². The predicted molar refractivity (Wildman–Crippen MR) is 68.7 cm³/mol. The molecule has 1 saturated heterocycles. The van der Waals surface area contributed by atoms with Crippen LogP contribution in [0.1, 0.15) is 27.7 Å². The fourth-order valence-electron chi connectivity index (χ4n) is 1.76. The molecule has 1 aliphatic rings. The fraction of sp³-hybridized carbons (Fsp3) is 1.00. The quantitative estimate of drug-likeness (QED) is 0.791. The van der Waals surface area contributed by atoms with Gasteiger partial charge in [0.1, 0.15) is 0 Å². The molecule has 1 aliphatic heterocycles. The van der Waals surface area contributed by atoms with Crippen LogP contribution in [-0.4, -0.2) is 50.8 Å². The third-order valence-electron chi connectivity index (χ3n) is 3.64. The molecule has 0 amide bonds. The van der Waals surface area contributed by atoms with E-state index >= 15 is 0 Å². The van der Waals surface area contributed by atoms with Crippen molar-refractivity contribution in [2.75, 3.05) is 39.8 Å². The monoisotopic (exact) mass is 228 g/mol. The molecule has 0 aromatic heterocycles. The Morgan fingerprint density at radius 1 is 1.44 bits per heavy atom. The molecule has 0 saturated carbocycles. The van der Waals surface area contributed by atoms with E-state index in [1.807, 2.05) is 0 Å². The zero-order valence-electron chi connectivity index (χ0n) is 11.5. The van der Waals surface area contributed by atoms with Crippen molar-refractivity contribution in [2.24, 2.45) is 11.3 Å². The molecule has 0 aromatic carbocycles. The molecule has 0 aliphatic carbocycles. The van der Waals surface area contributed by atoms with E-state index in [1.54, 1.807) is 0 Å². The summed E-state index contributed by atoms with van der Waals surface area (Å²) >= 11 is 0. The molecule has 2 atom stereocenters. The second kappa shape index (κ2) is 5.99. The summed E-state index contributed by atoms with van der Waals surface area (Å²) in [6.07, 6.45) is 0.367. The Kier molecular flexibility index (Phi) is 5.22. The molecule has 2 unspecified atom stereocenters. The summed E-state index contributed by atoms with van der Waals surface area (Å²) in [5.74, 6) is 0.689. The van der Waals surface area contributed by atoms with Gasteiger partial charge < -0.3 is 15.0 Å². The van der Waals surface area contributed by atoms with Crippen molar-refractivity contribution in [3.05, 3.63) is 0 Å². The van der Waals surface area contributed by atoms with Gasteiger partial charge in [0.15, 0.2) is 0 Å². The molecule has 0 aromatic rings. The van der Waals surface area contributed by atoms with Gasteiger partial charge in [0.25, 0.3) is 0 Å². The predicted octanol–water partition coefficient (Wildman–Crippen LogP) is 1.59. The molecule has 96 valence electrons. The molecular weight excluding hydrogens is 200 g/mol. The zero-order chi connectivity index (χ0) is 12.2. The smallest absolute Gasteiger partial charge is 0.0826 e. The Balaban J connectivity index is 2.15. The van der Waals surface area contributed by atoms with E-state index < -0.39 is 0 Å². The van der Waals surface area contributed by atoms with Gasteiger partial charge in [0, 0.05) is 19.6 Å². The zero-order valence-corrected chi connectivity index (χ0v) is 11.5. The second-order valence-electron chi connectivity index (χ2n) is 6.18. The molecule has 0 spiro atoms. The Labute approximate surface area is 101 Å². The molecule has 1 N–H and O–H groups in total. The minimum atomic E-state index is 0.367. The maximum Gasteiger partial charge on any atom is 0.0826 e. The fourth-order valence-corrected chi connectivity index (χ4v) is 1.76. The number of likely N-dealkylation sites (N-methyl/N-ethyl adjacent to an activating group) is 1. The van der Waals surface area contributed by atoms with Crippen LogP contribution in [0, 0.1) is 11.3 Å². The lowest BCUT2D eigenvalue weighted by molar-refractivity contribution is -0.0187. The highest BCUT2D eigenvalue weighted by Gasteiger charge is 2.21. The highest BCUT2D eigenvalue weighted by molar-refractivity contribution is 4.75. The first kappa shape index (κ1) is 13.9. The third kappa shape index (κ3) is 4.81. The van der Waals surface area contributed by atoms with Gasteiger partial charge in [-0.25, -0.2) is 0 Å². The number of hydrogen-bond donors (Lipinski definition) is 1. The van der Waals surface area contributed by atoms with E-state index in [4.69, 9.17) is 4.74 Å². The van der Waals surface area contributed by atoms with Crippen LogP contribution in [0.2, 0.25) is 0 Å². The number of nitrogens with zero attached hydrogens (tertiary/aromatic N) is 1. The van der Waals surface area contributed by atoms with Gasteiger partial charge in [-0.2, -0.15) is 0 Å². The van der Waals surface area contributed by atoms with E-state index in [0.29, 0.717) is 17.4 Å². The van der Waals surface area contributed by atoms with Crippen molar-refractivity contribution >= 4 is 0 Å². The highest BCUT2D eigenvalue weighted by atomic mass is 16.5. The lowest BCUT2D eigenvalue weighted by Gasteiger charge is -2.32. The van der Waals surface area contributed by atoms with Gasteiger partial charge in [0.2, 0.25) is 0 Å². The van der Waals surface area contributed by atoms with E-state index in [1.165, 1.54) is 0 Å². The van der Waals surface area contributed by atoms with Crippen molar-refractivity contribution < 1.29 is 4.74 Å². The van der Waals surface area contributed by atoms with Gasteiger partial charge in [0.05, 0.1) is 12.7 Å². The summed E-state index contributed by atoms with van der Waals surface area (Å²) < 4.78 is 5.71. The molecule has 1 fully saturated rings. The van der Waals surface area contributed by atoms with Crippen molar-refractivity contribution in [2.45, 2.75) is 33.8 Å². The van der Waals surface area contributed by atoms with Gasteiger partial charge in [-0.05, 0) is 24.9 Å². The van der Waals surface area contributed by atoms with Crippen LogP contribution < -0.4 is 5.32 Å². The molecule has 3 heteroatoms. The maximum absolute atomic E-state index is 5.71. The number of morpholine rings is 1.